The minimum absolute atomic E-state index is 0.0914. The fraction of sp³-hybridized carbons (Fsp3) is 0.778. The summed E-state index contributed by atoms with van der Waals surface area (Å²) in [6.45, 7) is 2.24. The van der Waals surface area contributed by atoms with E-state index >= 15 is 0 Å². The average Bonchev–Trinajstić information content (AvgIpc) is 2.19. The first-order chi connectivity index (χ1) is 6.36. The summed E-state index contributed by atoms with van der Waals surface area (Å²) in [4.78, 5) is 17.6. The van der Waals surface area contributed by atoms with E-state index in [1.807, 2.05) is 0 Å². The van der Waals surface area contributed by atoms with Gasteiger partial charge in [0, 0.05) is 0 Å². The van der Waals surface area contributed by atoms with Crippen molar-refractivity contribution in [2.75, 3.05) is 13.1 Å². The Morgan fingerprint density at radius 2 is 2.00 bits per heavy atom. The summed E-state index contributed by atoms with van der Waals surface area (Å²) >= 11 is 0.464. The van der Waals surface area contributed by atoms with Crippen LogP contribution < -0.4 is 0 Å². The Morgan fingerprint density at radius 3 is 2.69 bits per heavy atom. The van der Waals surface area contributed by atoms with Crippen LogP contribution in [0.15, 0.2) is 4.99 Å². The molecule has 2 aliphatic rings. The van der Waals surface area contributed by atoms with Crippen LogP contribution in [-0.4, -0.2) is 43.6 Å². The van der Waals surface area contributed by atoms with Crippen molar-refractivity contribution < 1.29 is 4.79 Å². The number of aliphatic imine (C=N–C) groups is 1. The third-order valence-corrected chi connectivity index (χ3v) is 4.53. The zero-order chi connectivity index (χ0) is 9.10. The molecule has 1 amide bonds. The molecule has 4 heteroatoms. The predicted molar refractivity (Wildman–Crippen MR) is 53.0 cm³/mol. The van der Waals surface area contributed by atoms with Gasteiger partial charge in [0.15, 0.2) is 0 Å². The van der Waals surface area contributed by atoms with Crippen LogP contribution in [0.25, 0.3) is 0 Å². The number of amidine groups is 1. The summed E-state index contributed by atoms with van der Waals surface area (Å²) < 4.78 is 1.11. The number of piperidine rings is 1. The molecule has 0 saturated carbocycles. The van der Waals surface area contributed by atoms with Crippen LogP contribution in [0.5, 0.6) is 0 Å². The van der Waals surface area contributed by atoms with E-state index in [2.05, 4.69) is 9.89 Å². The van der Waals surface area contributed by atoms with E-state index in [1.54, 1.807) is 0 Å². The van der Waals surface area contributed by atoms with Crippen molar-refractivity contribution in [2.45, 2.75) is 31.0 Å². The Balaban J connectivity index is 2.01. The molecule has 0 unspecified atom stereocenters. The Labute approximate surface area is 84.7 Å². The van der Waals surface area contributed by atoms with Gasteiger partial charge in [0.05, 0.1) is 0 Å². The second kappa shape index (κ2) is 4.25. The van der Waals surface area contributed by atoms with Gasteiger partial charge >= 0.3 is 84.4 Å². The normalized spacial score (nSPS) is 24.5. The summed E-state index contributed by atoms with van der Waals surface area (Å²) in [7, 11) is 0. The number of carbonyl (C=O) groups excluding carboxylic acids is 1. The van der Waals surface area contributed by atoms with Gasteiger partial charge in [-0.25, -0.2) is 0 Å². The molecule has 0 aromatic heterocycles. The van der Waals surface area contributed by atoms with Gasteiger partial charge in [-0.15, -0.1) is 0 Å². The van der Waals surface area contributed by atoms with Gasteiger partial charge in [-0.05, 0) is 0 Å². The molecule has 72 valence electrons. The molecular formula is C9H14N2OSe. The molecule has 1 fully saturated rings. The zero-order valence-electron chi connectivity index (χ0n) is 7.66. The SMILES string of the molecule is O=C1CC[Se]C(N2CCCCC2)=N1. The molecular weight excluding hydrogens is 231 g/mol. The molecule has 0 atom stereocenters. The monoisotopic (exact) mass is 246 g/mol. The fourth-order valence-corrected chi connectivity index (χ4v) is 3.75. The molecule has 0 bridgehead atoms. The molecule has 0 radical (unpaired) electrons. The van der Waals surface area contributed by atoms with Crippen molar-refractivity contribution in [3.8, 4) is 0 Å². The van der Waals surface area contributed by atoms with E-state index < -0.39 is 0 Å². The van der Waals surface area contributed by atoms with Crippen molar-refractivity contribution in [3.05, 3.63) is 0 Å². The third-order valence-electron chi connectivity index (χ3n) is 2.39. The van der Waals surface area contributed by atoms with Crippen LogP contribution in [0.1, 0.15) is 25.7 Å². The molecule has 0 N–H and O–H groups in total. The van der Waals surface area contributed by atoms with E-state index in [9.17, 15) is 4.79 Å². The van der Waals surface area contributed by atoms with Gasteiger partial charge in [-0.2, -0.15) is 0 Å². The van der Waals surface area contributed by atoms with Crippen LogP contribution in [0.4, 0.5) is 0 Å². The molecule has 0 aromatic rings. The van der Waals surface area contributed by atoms with Crippen molar-refractivity contribution >= 4 is 25.6 Å². The van der Waals surface area contributed by atoms with E-state index in [0.29, 0.717) is 21.4 Å². The molecule has 2 rings (SSSR count). The van der Waals surface area contributed by atoms with Crippen LogP contribution in [0, 0.1) is 0 Å². The maximum absolute atomic E-state index is 11.1. The quantitative estimate of drug-likeness (QED) is 0.593. The van der Waals surface area contributed by atoms with Crippen molar-refractivity contribution in [3.63, 3.8) is 0 Å². The molecule has 0 aliphatic carbocycles. The van der Waals surface area contributed by atoms with Gasteiger partial charge in [0.2, 0.25) is 0 Å². The summed E-state index contributed by atoms with van der Waals surface area (Å²) in [6, 6.07) is 0. The van der Waals surface area contributed by atoms with E-state index in [1.165, 1.54) is 19.3 Å². The van der Waals surface area contributed by atoms with Gasteiger partial charge in [0.25, 0.3) is 0 Å². The minimum atomic E-state index is 0.0914. The van der Waals surface area contributed by atoms with E-state index in [-0.39, 0.29) is 5.91 Å². The zero-order valence-corrected chi connectivity index (χ0v) is 9.37. The number of nitrogens with zero attached hydrogens (tertiary/aromatic N) is 2. The van der Waals surface area contributed by atoms with Crippen molar-refractivity contribution in [1.82, 2.24) is 4.90 Å². The molecule has 13 heavy (non-hydrogen) atoms. The number of carbonyl (C=O) groups is 1. The molecule has 0 aromatic carbocycles. The number of likely N-dealkylation sites (tertiary alicyclic amines) is 1. The second-order valence-corrected chi connectivity index (χ2v) is 5.66. The molecule has 2 aliphatic heterocycles. The average molecular weight is 245 g/mol. The molecule has 3 nitrogen and oxygen atoms in total. The number of hydrogen-bond acceptors (Lipinski definition) is 2. The topological polar surface area (TPSA) is 32.7 Å². The van der Waals surface area contributed by atoms with Gasteiger partial charge in [0.1, 0.15) is 0 Å². The van der Waals surface area contributed by atoms with Crippen LogP contribution >= 0.6 is 0 Å². The van der Waals surface area contributed by atoms with E-state index in [0.717, 1.165) is 23.1 Å². The Kier molecular flexibility index (Phi) is 3.01. The Bertz CT molecular complexity index is 234. The molecule has 1 saturated heterocycles. The number of rotatable bonds is 0. The first-order valence-electron chi connectivity index (χ1n) is 4.85. The van der Waals surface area contributed by atoms with E-state index in [4.69, 9.17) is 0 Å². The predicted octanol–water partition coefficient (Wildman–Crippen LogP) is 0.881. The summed E-state index contributed by atoms with van der Waals surface area (Å²) in [5.41, 5.74) is 0. The van der Waals surface area contributed by atoms with Crippen molar-refractivity contribution in [1.29, 1.82) is 0 Å². The van der Waals surface area contributed by atoms with Gasteiger partial charge in [-0.3, -0.25) is 0 Å². The summed E-state index contributed by atoms with van der Waals surface area (Å²) in [6.07, 6.45) is 4.55. The third kappa shape index (κ3) is 2.32. The molecule has 0 spiro atoms. The van der Waals surface area contributed by atoms with Crippen molar-refractivity contribution in [2.24, 2.45) is 4.99 Å². The van der Waals surface area contributed by atoms with Crippen LogP contribution in [-0.2, 0) is 4.79 Å². The molecule has 2 heterocycles. The number of amides is 1. The Hall–Kier alpha value is -0.341. The van der Waals surface area contributed by atoms with Gasteiger partial charge in [-0.1, -0.05) is 0 Å². The van der Waals surface area contributed by atoms with Gasteiger partial charge < -0.3 is 0 Å². The Morgan fingerprint density at radius 1 is 1.23 bits per heavy atom. The summed E-state index contributed by atoms with van der Waals surface area (Å²) in [5, 5.41) is 1.06. The van der Waals surface area contributed by atoms with Crippen LogP contribution in [0.2, 0.25) is 5.32 Å². The second-order valence-electron chi connectivity index (χ2n) is 3.43. The first-order valence-corrected chi connectivity index (χ1v) is 6.92. The maximum atomic E-state index is 11.1. The summed E-state index contributed by atoms with van der Waals surface area (Å²) in [5.74, 6) is 0.0914. The number of hydrogen-bond donors (Lipinski definition) is 0. The standard InChI is InChI=1S/C9H14N2OSe/c12-8-4-7-13-9(10-8)11-5-2-1-3-6-11/h1-7H2. The fourth-order valence-electron chi connectivity index (χ4n) is 1.67. The first kappa shape index (κ1) is 9.22. The van der Waals surface area contributed by atoms with Crippen LogP contribution in [0.3, 0.4) is 0 Å².